The summed E-state index contributed by atoms with van der Waals surface area (Å²) in [6.07, 6.45) is 2.14. The number of hydrogen-bond donors (Lipinski definition) is 0. The summed E-state index contributed by atoms with van der Waals surface area (Å²) in [6, 6.07) is 6.57. The topological polar surface area (TPSA) is 21.1 Å². The molecule has 0 aliphatic carbocycles. The van der Waals surface area contributed by atoms with Gasteiger partial charge in [-0.3, -0.25) is 0 Å². The van der Waals surface area contributed by atoms with Gasteiger partial charge in [0.25, 0.3) is 0 Å². The summed E-state index contributed by atoms with van der Waals surface area (Å²) in [5, 5.41) is 0. The largest absolute Gasteiger partial charge is 0.328 e. The van der Waals surface area contributed by atoms with Gasteiger partial charge in [0.1, 0.15) is 5.82 Å². The Morgan fingerprint density at radius 2 is 2.24 bits per heavy atom. The van der Waals surface area contributed by atoms with Crippen molar-refractivity contribution in [2.45, 2.75) is 33.2 Å². The van der Waals surface area contributed by atoms with E-state index in [1.807, 2.05) is 0 Å². The molecular weight excluding hydrogens is 282 g/mol. The van der Waals surface area contributed by atoms with E-state index >= 15 is 0 Å². The number of benzene rings is 1. The van der Waals surface area contributed by atoms with Crippen LogP contribution in [0.5, 0.6) is 0 Å². The van der Waals surface area contributed by atoms with Crippen molar-refractivity contribution in [3.05, 3.63) is 29.6 Å². The first-order valence-electron chi connectivity index (χ1n) is 7.95. The lowest BCUT2D eigenvalue weighted by Gasteiger charge is -2.15. The highest BCUT2D eigenvalue weighted by molar-refractivity contribution is 6.17. The van der Waals surface area contributed by atoms with Gasteiger partial charge in [-0.2, -0.15) is 0 Å². The van der Waals surface area contributed by atoms with Gasteiger partial charge in [0.15, 0.2) is 0 Å². The lowest BCUT2D eigenvalue weighted by molar-refractivity contribution is 0.332. The number of nitrogens with zero attached hydrogens (tertiary/aromatic N) is 3. The Balaban J connectivity index is 1.90. The van der Waals surface area contributed by atoms with Crippen LogP contribution in [0.25, 0.3) is 11.0 Å². The molecule has 1 unspecified atom stereocenters. The molecule has 1 aromatic carbocycles. The molecule has 0 amide bonds. The SMILES string of the molecule is CCN1CCC(Cn2c(CCCl)nc3cc(C)ccc32)C1. The summed E-state index contributed by atoms with van der Waals surface area (Å²) in [5.41, 5.74) is 3.64. The van der Waals surface area contributed by atoms with Gasteiger partial charge in [0.05, 0.1) is 11.0 Å². The zero-order valence-electron chi connectivity index (χ0n) is 13.0. The van der Waals surface area contributed by atoms with E-state index in [2.05, 4.69) is 41.5 Å². The van der Waals surface area contributed by atoms with E-state index in [1.165, 1.54) is 30.6 Å². The van der Waals surface area contributed by atoms with Crippen molar-refractivity contribution >= 4 is 22.6 Å². The average Bonchev–Trinajstić information content (AvgIpc) is 3.05. The van der Waals surface area contributed by atoms with Crippen molar-refractivity contribution in [2.24, 2.45) is 5.92 Å². The first-order valence-corrected chi connectivity index (χ1v) is 8.48. The van der Waals surface area contributed by atoms with Crippen LogP contribution >= 0.6 is 11.6 Å². The maximum atomic E-state index is 5.97. The van der Waals surface area contributed by atoms with E-state index in [0.29, 0.717) is 5.88 Å². The minimum absolute atomic E-state index is 0.633. The molecule has 4 heteroatoms. The number of alkyl halides is 1. The number of imidazole rings is 1. The number of likely N-dealkylation sites (tertiary alicyclic amines) is 1. The number of halogens is 1. The molecule has 1 aliphatic heterocycles. The molecule has 2 heterocycles. The maximum absolute atomic E-state index is 5.97. The fourth-order valence-electron chi connectivity index (χ4n) is 3.38. The van der Waals surface area contributed by atoms with E-state index in [0.717, 1.165) is 36.8 Å². The molecule has 3 nitrogen and oxygen atoms in total. The second-order valence-electron chi connectivity index (χ2n) is 6.12. The maximum Gasteiger partial charge on any atom is 0.111 e. The van der Waals surface area contributed by atoms with Crippen LogP contribution in [0.15, 0.2) is 18.2 Å². The average molecular weight is 306 g/mol. The van der Waals surface area contributed by atoms with Gasteiger partial charge in [-0.15, -0.1) is 11.6 Å². The van der Waals surface area contributed by atoms with Crippen LogP contribution in [-0.4, -0.2) is 40.0 Å². The van der Waals surface area contributed by atoms with Crippen LogP contribution in [0.1, 0.15) is 24.7 Å². The third kappa shape index (κ3) is 3.09. The number of aryl methyl sites for hydroxylation is 2. The minimum atomic E-state index is 0.633. The lowest BCUT2D eigenvalue weighted by atomic mass is 10.1. The third-order valence-corrected chi connectivity index (χ3v) is 4.75. The molecule has 2 aromatic rings. The van der Waals surface area contributed by atoms with Crippen molar-refractivity contribution in [1.82, 2.24) is 14.5 Å². The highest BCUT2D eigenvalue weighted by atomic mass is 35.5. The number of aromatic nitrogens is 2. The summed E-state index contributed by atoms with van der Waals surface area (Å²) >= 11 is 5.97. The van der Waals surface area contributed by atoms with Crippen LogP contribution in [0.4, 0.5) is 0 Å². The van der Waals surface area contributed by atoms with E-state index in [1.54, 1.807) is 0 Å². The monoisotopic (exact) mass is 305 g/mol. The fourth-order valence-corrected chi connectivity index (χ4v) is 3.55. The summed E-state index contributed by atoms with van der Waals surface area (Å²) in [5.74, 6) is 2.51. The highest BCUT2D eigenvalue weighted by Crippen LogP contribution is 2.24. The van der Waals surface area contributed by atoms with E-state index in [4.69, 9.17) is 16.6 Å². The van der Waals surface area contributed by atoms with Crippen LogP contribution in [0, 0.1) is 12.8 Å². The Labute approximate surface area is 131 Å². The minimum Gasteiger partial charge on any atom is -0.328 e. The first kappa shape index (κ1) is 14.9. The van der Waals surface area contributed by atoms with Gasteiger partial charge in [-0.1, -0.05) is 13.0 Å². The first-order chi connectivity index (χ1) is 10.2. The fraction of sp³-hybridized carbons (Fsp3) is 0.588. The van der Waals surface area contributed by atoms with Gasteiger partial charge in [-0.05, 0) is 50.0 Å². The molecule has 1 saturated heterocycles. The Kier molecular flexibility index (Phi) is 4.51. The Morgan fingerprint density at radius 3 is 2.95 bits per heavy atom. The molecule has 0 bridgehead atoms. The molecule has 0 N–H and O–H groups in total. The summed E-state index contributed by atoms with van der Waals surface area (Å²) in [4.78, 5) is 7.35. The molecule has 0 saturated carbocycles. The Bertz CT molecular complexity index is 620. The number of fused-ring (bicyclic) bond motifs is 1. The molecule has 114 valence electrons. The Morgan fingerprint density at radius 1 is 1.38 bits per heavy atom. The van der Waals surface area contributed by atoms with Crippen LogP contribution in [-0.2, 0) is 13.0 Å². The van der Waals surface area contributed by atoms with Crippen LogP contribution in [0.3, 0.4) is 0 Å². The van der Waals surface area contributed by atoms with Gasteiger partial charge >= 0.3 is 0 Å². The molecule has 0 spiro atoms. The van der Waals surface area contributed by atoms with Crippen LogP contribution < -0.4 is 0 Å². The van der Waals surface area contributed by atoms with Gasteiger partial charge < -0.3 is 9.47 Å². The summed E-state index contributed by atoms with van der Waals surface area (Å²) in [7, 11) is 0. The van der Waals surface area contributed by atoms with Crippen LogP contribution in [0.2, 0.25) is 0 Å². The molecule has 3 rings (SSSR count). The predicted octanol–water partition coefficient (Wildman–Crippen LogP) is 3.47. The zero-order chi connectivity index (χ0) is 14.8. The van der Waals surface area contributed by atoms with Gasteiger partial charge in [0, 0.05) is 25.4 Å². The number of hydrogen-bond acceptors (Lipinski definition) is 2. The zero-order valence-corrected chi connectivity index (χ0v) is 13.7. The standard InChI is InChI=1S/C17H24ClN3/c1-3-20-9-7-14(11-20)12-21-16-5-4-13(2)10-15(16)19-17(21)6-8-18/h4-5,10,14H,3,6-9,11-12H2,1-2H3. The third-order valence-electron chi connectivity index (χ3n) is 4.56. The summed E-state index contributed by atoms with van der Waals surface area (Å²) in [6.45, 7) is 9.05. The van der Waals surface area contributed by atoms with Crippen molar-refractivity contribution in [3.63, 3.8) is 0 Å². The second kappa shape index (κ2) is 6.37. The van der Waals surface area contributed by atoms with E-state index in [9.17, 15) is 0 Å². The van der Waals surface area contributed by atoms with Crippen molar-refractivity contribution in [3.8, 4) is 0 Å². The Hall–Kier alpha value is -1.06. The normalized spacial score (nSPS) is 19.7. The second-order valence-corrected chi connectivity index (χ2v) is 6.50. The molecular formula is C17H24ClN3. The number of rotatable bonds is 5. The molecule has 1 aromatic heterocycles. The van der Waals surface area contributed by atoms with Crippen molar-refractivity contribution in [1.29, 1.82) is 0 Å². The smallest absolute Gasteiger partial charge is 0.111 e. The molecule has 0 radical (unpaired) electrons. The quantitative estimate of drug-likeness (QED) is 0.789. The summed E-state index contributed by atoms with van der Waals surface area (Å²) < 4.78 is 2.40. The predicted molar refractivity (Wildman–Crippen MR) is 89.1 cm³/mol. The molecule has 21 heavy (non-hydrogen) atoms. The van der Waals surface area contributed by atoms with Gasteiger partial charge in [0.2, 0.25) is 0 Å². The van der Waals surface area contributed by atoms with Crippen molar-refractivity contribution in [2.75, 3.05) is 25.5 Å². The highest BCUT2D eigenvalue weighted by Gasteiger charge is 2.23. The lowest BCUT2D eigenvalue weighted by Crippen LogP contribution is -2.21. The van der Waals surface area contributed by atoms with E-state index < -0.39 is 0 Å². The molecule has 1 fully saturated rings. The molecule has 1 atom stereocenters. The van der Waals surface area contributed by atoms with E-state index in [-0.39, 0.29) is 0 Å². The van der Waals surface area contributed by atoms with Gasteiger partial charge in [-0.25, -0.2) is 4.98 Å². The van der Waals surface area contributed by atoms with Crippen molar-refractivity contribution < 1.29 is 0 Å². The molecule has 1 aliphatic rings.